The third-order valence-corrected chi connectivity index (χ3v) is 2.79. The Morgan fingerprint density at radius 2 is 2.05 bits per heavy atom. The molecule has 0 bridgehead atoms. The van der Waals surface area contributed by atoms with Gasteiger partial charge in [0.1, 0.15) is 17.7 Å². The molecule has 0 aliphatic carbocycles. The molecule has 1 aromatic heterocycles. The number of para-hydroxylation sites is 1. The van der Waals surface area contributed by atoms with Crippen molar-refractivity contribution in [3.8, 4) is 5.75 Å². The molecule has 1 aromatic carbocycles. The second-order valence-electron chi connectivity index (χ2n) is 4.08. The van der Waals surface area contributed by atoms with Crippen LogP contribution in [-0.4, -0.2) is 25.3 Å². The molecule has 6 nitrogen and oxygen atoms in total. The van der Waals surface area contributed by atoms with Crippen LogP contribution in [0.4, 0.5) is 0 Å². The molecule has 0 spiro atoms. The highest BCUT2D eigenvalue weighted by Crippen LogP contribution is 2.16. The van der Waals surface area contributed by atoms with Gasteiger partial charge < -0.3 is 19.9 Å². The molecule has 6 heteroatoms. The molecular weight excluding hydrogens is 256 g/mol. The lowest BCUT2D eigenvalue weighted by Gasteiger charge is -2.12. The first-order valence-electron chi connectivity index (χ1n) is 6.29. The van der Waals surface area contributed by atoms with Crippen LogP contribution in [0.3, 0.4) is 0 Å². The molecule has 0 fully saturated rings. The summed E-state index contributed by atoms with van der Waals surface area (Å²) in [5.41, 5.74) is 1.89. The van der Waals surface area contributed by atoms with Crippen molar-refractivity contribution in [2.75, 3.05) is 14.2 Å². The third-order valence-electron chi connectivity index (χ3n) is 2.79. The fraction of sp³-hybridized carbons (Fsp3) is 0.286. The van der Waals surface area contributed by atoms with Gasteiger partial charge in [0.15, 0.2) is 5.96 Å². The van der Waals surface area contributed by atoms with Crippen molar-refractivity contribution >= 4 is 5.96 Å². The molecule has 0 aliphatic heterocycles. The van der Waals surface area contributed by atoms with E-state index in [1.54, 1.807) is 26.5 Å². The first kappa shape index (κ1) is 13.9. The predicted octanol–water partition coefficient (Wildman–Crippen LogP) is 1.55. The summed E-state index contributed by atoms with van der Waals surface area (Å²) in [5.74, 6) is 1.55. The number of benzene rings is 1. The Labute approximate surface area is 117 Å². The molecule has 20 heavy (non-hydrogen) atoms. The highest BCUT2D eigenvalue weighted by atomic mass is 16.5. The molecule has 0 amide bonds. The van der Waals surface area contributed by atoms with E-state index in [4.69, 9.17) is 9.26 Å². The molecule has 0 saturated heterocycles. The Morgan fingerprint density at radius 3 is 2.75 bits per heavy atom. The second kappa shape index (κ2) is 7.18. The van der Waals surface area contributed by atoms with E-state index in [0.717, 1.165) is 17.0 Å². The number of nitrogens with one attached hydrogen (secondary N) is 2. The van der Waals surface area contributed by atoms with E-state index in [1.807, 2.05) is 24.3 Å². The Morgan fingerprint density at radius 1 is 1.25 bits per heavy atom. The maximum Gasteiger partial charge on any atom is 0.191 e. The van der Waals surface area contributed by atoms with E-state index in [1.165, 1.54) is 0 Å². The number of aliphatic imine (C=N–C) groups is 1. The van der Waals surface area contributed by atoms with Crippen LogP contribution in [0.2, 0.25) is 0 Å². The van der Waals surface area contributed by atoms with Gasteiger partial charge in [-0.1, -0.05) is 23.4 Å². The number of rotatable bonds is 5. The van der Waals surface area contributed by atoms with Gasteiger partial charge in [-0.25, -0.2) is 0 Å². The van der Waals surface area contributed by atoms with Crippen LogP contribution in [-0.2, 0) is 13.1 Å². The van der Waals surface area contributed by atoms with Crippen molar-refractivity contribution < 1.29 is 9.26 Å². The van der Waals surface area contributed by atoms with Crippen LogP contribution in [0.1, 0.15) is 11.3 Å². The highest BCUT2D eigenvalue weighted by Gasteiger charge is 2.04. The number of hydrogen-bond donors (Lipinski definition) is 2. The number of nitrogens with zero attached hydrogens (tertiary/aromatic N) is 2. The van der Waals surface area contributed by atoms with Gasteiger partial charge in [-0.15, -0.1) is 0 Å². The lowest BCUT2D eigenvalue weighted by atomic mass is 10.2. The number of ether oxygens (including phenoxy) is 1. The zero-order valence-electron chi connectivity index (χ0n) is 11.6. The summed E-state index contributed by atoms with van der Waals surface area (Å²) in [6, 6.07) is 9.67. The van der Waals surface area contributed by atoms with Crippen molar-refractivity contribution in [2.24, 2.45) is 4.99 Å². The maximum atomic E-state index is 5.31. The minimum Gasteiger partial charge on any atom is -0.496 e. The quantitative estimate of drug-likeness (QED) is 0.639. The number of hydrogen-bond acceptors (Lipinski definition) is 4. The summed E-state index contributed by atoms with van der Waals surface area (Å²) >= 11 is 0. The van der Waals surface area contributed by atoms with Crippen LogP contribution in [0.5, 0.6) is 5.75 Å². The van der Waals surface area contributed by atoms with E-state index < -0.39 is 0 Å². The molecule has 0 unspecified atom stereocenters. The highest BCUT2D eigenvalue weighted by molar-refractivity contribution is 5.79. The zero-order valence-corrected chi connectivity index (χ0v) is 11.6. The fourth-order valence-electron chi connectivity index (χ4n) is 1.75. The lowest BCUT2D eigenvalue weighted by Crippen LogP contribution is -2.36. The average Bonchev–Trinajstić information content (AvgIpc) is 3.01. The topological polar surface area (TPSA) is 71.7 Å². The zero-order chi connectivity index (χ0) is 14.2. The van der Waals surface area contributed by atoms with E-state index in [0.29, 0.717) is 19.0 Å². The summed E-state index contributed by atoms with van der Waals surface area (Å²) in [4.78, 5) is 4.15. The molecule has 2 N–H and O–H groups in total. The smallest absolute Gasteiger partial charge is 0.191 e. The van der Waals surface area contributed by atoms with Crippen LogP contribution < -0.4 is 15.4 Å². The van der Waals surface area contributed by atoms with Gasteiger partial charge in [-0.3, -0.25) is 4.99 Å². The van der Waals surface area contributed by atoms with Crippen LogP contribution in [0.25, 0.3) is 0 Å². The Hall–Kier alpha value is -2.50. The minimum atomic E-state index is 0.558. The van der Waals surface area contributed by atoms with E-state index in [9.17, 15) is 0 Å². The van der Waals surface area contributed by atoms with Crippen LogP contribution in [0.15, 0.2) is 46.1 Å². The average molecular weight is 274 g/mol. The molecule has 2 rings (SSSR count). The third kappa shape index (κ3) is 3.74. The first-order valence-corrected chi connectivity index (χ1v) is 6.29. The molecule has 106 valence electrons. The van der Waals surface area contributed by atoms with E-state index in [-0.39, 0.29) is 0 Å². The van der Waals surface area contributed by atoms with Crippen LogP contribution >= 0.6 is 0 Å². The summed E-state index contributed by atoms with van der Waals surface area (Å²) in [6.45, 7) is 1.19. The summed E-state index contributed by atoms with van der Waals surface area (Å²) in [7, 11) is 3.39. The monoisotopic (exact) mass is 274 g/mol. The molecule has 0 saturated carbocycles. The van der Waals surface area contributed by atoms with Crippen molar-refractivity contribution in [2.45, 2.75) is 13.1 Å². The molecule has 0 radical (unpaired) electrons. The number of aromatic nitrogens is 1. The summed E-state index contributed by atoms with van der Waals surface area (Å²) in [5, 5.41) is 10.2. The Bertz CT molecular complexity index is 552. The largest absolute Gasteiger partial charge is 0.496 e. The predicted molar refractivity (Wildman–Crippen MR) is 76.5 cm³/mol. The van der Waals surface area contributed by atoms with Gasteiger partial charge in [0.05, 0.1) is 13.7 Å². The minimum absolute atomic E-state index is 0.558. The van der Waals surface area contributed by atoms with Gasteiger partial charge >= 0.3 is 0 Å². The standard InChI is InChI=1S/C14H18N4O2/c1-15-14(17-10-12-7-8-20-18-12)16-9-11-5-3-4-6-13(11)19-2/h3-8H,9-10H2,1-2H3,(H2,15,16,17). The molecule has 1 heterocycles. The van der Waals surface area contributed by atoms with Crippen molar-refractivity contribution in [3.05, 3.63) is 47.9 Å². The second-order valence-corrected chi connectivity index (χ2v) is 4.08. The van der Waals surface area contributed by atoms with E-state index in [2.05, 4.69) is 20.8 Å². The Kier molecular flexibility index (Phi) is 5.00. The van der Waals surface area contributed by atoms with Gasteiger partial charge in [-0.2, -0.15) is 0 Å². The van der Waals surface area contributed by atoms with Gasteiger partial charge in [-0.05, 0) is 6.07 Å². The molecule has 2 aromatic rings. The van der Waals surface area contributed by atoms with Gasteiger partial charge in [0, 0.05) is 25.2 Å². The summed E-state index contributed by atoms with van der Waals surface area (Å²) < 4.78 is 10.1. The van der Waals surface area contributed by atoms with Gasteiger partial charge in [0.25, 0.3) is 0 Å². The number of methoxy groups -OCH3 is 1. The van der Waals surface area contributed by atoms with Gasteiger partial charge in [0.2, 0.25) is 0 Å². The number of guanidine groups is 1. The maximum absolute atomic E-state index is 5.31. The molecule has 0 atom stereocenters. The van der Waals surface area contributed by atoms with E-state index >= 15 is 0 Å². The fourth-order valence-corrected chi connectivity index (χ4v) is 1.75. The van der Waals surface area contributed by atoms with Crippen molar-refractivity contribution in [3.63, 3.8) is 0 Å². The van der Waals surface area contributed by atoms with Crippen LogP contribution in [0, 0.1) is 0 Å². The van der Waals surface area contributed by atoms with Crippen molar-refractivity contribution in [1.29, 1.82) is 0 Å². The first-order chi connectivity index (χ1) is 9.83. The normalized spacial score (nSPS) is 11.2. The summed E-state index contributed by atoms with van der Waals surface area (Å²) in [6.07, 6.45) is 1.54. The molecular formula is C14H18N4O2. The lowest BCUT2D eigenvalue weighted by molar-refractivity contribution is 0.408. The van der Waals surface area contributed by atoms with Crippen molar-refractivity contribution in [1.82, 2.24) is 15.8 Å². The SMILES string of the molecule is CN=C(NCc1ccon1)NCc1ccccc1OC. The Balaban J connectivity index is 1.87. The molecule has 0 aliphatic rings.